The molecule has 0 unspecified atom stereocenters. The Bertz CT molecular complexity index is 510. The Hall–Kier alpha value is -1.99. The normalized spacial score (nSPS) is 20.6. The van der Waals surface area contributed by atoms with E-state index in [2.05, 4.69) is 0 Å². The van der Waals surface area contributed by atoms with Crippen LogP contribution in [0.2, 0.25) is 0 Å². The number of benzene rings is 1. The predicted octanol–water partition coefficient (Wildman–Crippen LogP) is 1.90. The van der Waals surface area contributed by atoms with Crippen molar-refractivity contribution >= 4 is 11.7 Å². The van der Waals surface area contributed by atoms with Gasteiger partial charge >= 0.3 is 5.97 Å². The molecule has 0 spiro atoms. The highest BCUT2D eigenvalue weighted by Crippen LogP contribution is 2.22. The van der Waals surface area contributed by atoms with E-state index in [1.165, 1.54) is 24.3 Å². The molecule has 0 N–H and O–H groups in total. The topological polar surface area (TPSA) is 87.9 Å². The number of esters is 1. The van der Waals surface area contributed by atoms with Gasteiger partial charge in [-0.1, -0.05) is 0 Å². The summed E-state index contributed by atoms with van der Waals surface area (Å²) < 4.78 is 15.9. The molecule has 2 rings (SSSR count). The molecule has 0 bridgehead atoms. The van der Waals surface area contributed by atoms with Crippen molar-refractivity contribution in [1.29, 1.82) is 0 Å². The minimum absolute atomic E-state index is 0.0733. The fraction of sp³-hybridized carbons (Fsp3) is 0.462. The molecule has 1 heterocycles. The van der Waals surface area contributed by atoms with E-state index in [-0.39, 0.29) is 24.0 Å². The number of non-ortho nitro benzene ring substituents is 1. The van der Waals surface area contributed by atoms with E-state index in [1.54, 1.807) is 13.8 Å². The zero-order valence-electron chi connectivity index (χ0n) is 11.2. The van der Waals surface area contributed by atoms with Gasteiger partial charge < -0.3 is 14.2 Å². The average Bonchev–Trinajstić information content (AvgIpc) is 2.75. The number of carbonyl (C=O) groups excluding carboxylic acids is 1. The van der Waals surface area contributed by atoms with E-state index in [1.807, 2.05) is 0 Å². The van der Waals surface area contributed by atoms with Crippen molar-refractivity contribution in [1.82, 2.24) is 0 Å². The van der Waals surface area contributed by atoms with Crippen LogP contribution in [0.25, 0.3) is 0 Å². The lowest BCUT2D eigenvalue weighted by atomic mass is 10.2. The monoisotopic (exact) mass is 281 g/mol. The van der Waals surface area contributed by atoms with E-state index in [4.69, 9.17) is 14.2 Å². The molecule has 7 nitrogen and oxygen atoms in total. The maximum Gasteiger partial charge on any atom is 0.338 e. The Kier molecular flexibility index (Phi) is 4.01. The summed E-state index contributed by atoms with van der Waals surface area (Å²) in [7, 11) is 0. The molecular weight excluding hydrogens is 266 g/mol. The number of rotatable bonds is 4. The molecule has 1 aromatic rings. The number of hydrogen-bond donors (Lipinski definition) is 0. The van der Waals surface area contributed by atoms with Gasteiger partial charge in [-0.05, 0) is 26.0 Å². The van der Waals surface area contributed by atoms with E-state index in [0.717, 1.165) is 0 Å². The molecule has 0 aliphatic carbocycles. The first-order valence-corrected chi connectivity index (χ1v) is 6.11. The molecule has 1 atom stereocenters. The van der Waals surface area contributed by atoms with Crippen LogP contribution < -0.4 is 0 Å². The fourth-order valence-electron chi connectivity index (χ4n) is 1.82. The van der Waals surface area contributed by atoms with Crippen molar-refractivity contribution < 1.29 is 23.9 Å². The number of ether oxygens (including phenoxy) is 3. The van der Waals surface area contributed by atoms with Crippen molar-refractivity contribution in [2.75, 3.05) is 13.2 Å². The highest BCUT2D eigenvalue weighted by molar-refractivity contribution is 5.89. The summed E-state index contributed by atoms with van der Waals surface area (Å²) in [5.74, 6) is -1.21. The Balaban J connectivity index is 1.87. The first-order valence-electron chi connectivity index (χ1n) is 6.11. The quantitative estimate of drug-likeness (QED) is 0.476. The number of nitro groups is 1. The molecule has 0 saturated carbocycles. The summed E-state index contributed by atoms with van der Waals surface area (Å²) in [5.41, 5.74) is 0.185. The van der Waals surface area contributed by atoms with Gasteiger partial charge in [-0.3, -0.25) is 10.1 Å². The Morgan fingerprint density at radius 2 is 2.10 bits per heavy atom. The Labute approximate surface area is 115 Å². The number of nitro benzene ring substituents is 1. The number of carbonyl (C=O) groups is 1. The predicted molar refractivity (Wildman–Crippen MR) is 68.3 cm³/mol. The smallest absolute Gasteiger partial charge is 0.338 e. The molecule has 1 aliphatic rings. The third kappa shape index (κ3) is 3.52. The summed E-state index contributed by atoms with van der Waals surface area (Å²) in [6.45, 7) is 4.01. The van der Waals surface area contributed by atoms with Crippen LogP contribution in [-0.4, -0.2) is 36.0 Å². The Morgan fingerprint density at radius 3 is 2.60 bits per heavy atom. The molecule has 20 heavy (non-hydrogen) atoms. The average molecular weight is 281 g/mol. The lowest BCUT2D eigenvalue weighted by Crippen LogP contribution is -2.25. The maximum atomic E-state index is 11.8. The molecule has 0 radical (unpaired) electrons. The minimum Gasteiger partial charge on any atom is -0.459 e. The van der Waals surface area contributed by atoms with Gasteiger partial charge in [0.25, 0.3) is 5.69 Å². The number of hydrogen-bond acceptors (Lipinski definition) is 6. The molecule has 1 aromatic carbocycles. The zero-order chi connectivity index (χ0) is 14.8. The van der Waals surface area contributed by atoms with Gasteiger partial charge in [-0.2, -0.15) is 0 Å². The molecule has 1 aliphatic heterocycles. The summed E-state index contributed by atoms with van der Waals surface area (Å²) in [5, 5.41) is 10.5. The molecule has 7 heteroatoms. The second-order valence-electron chi connectivity index (χ2n) is 4.85. The number of nitrogens with zero attached hydrogens (tertiary/aromatic N) is 1. The van der Waals surface area contributed by atoms with Crippen molar-refractivity contribution in [3.63, 3.8) is 0 Å². The van der Waals surface area contributed by atoms with E-state index in [9.17, 15) is 14.9 Å². The van der Waals surface area contributed by atoms with Crippen LogP contribution in [0.15, 0.2) is 24.3 Å². The summed E-state index contributed by atoms with van der Waals surface area (Å²) in [6.07, 6.45) is -0.299. The molecule has 1 fully saturated rings. The van der Waals surface area contributed by atoms with Gasteiger partial charge in [-0.15, -0.1) is 0 Å². The van der Waals surface area contributed by atoms with Crippen molar-refractivity contribution in [3.05, 3.63) is 39.9 Å². The molecule has 1 saturated heterocycles. The van der Waals surface area contributed by atoms with Crippen LogP contribution in [-0.2, 0) is 14.2 Å². The lowest BCUT2D eigenvalue weighted by Gasteiger charge is -2.16. The van der Waals surface area contributed by atoms with Gasteiger partial charge in [0.2, 0.25) is 0 Å². The van der Waals surface area contributed by atoms with Gasteiger partial charge in [0.05, 0.1) is 17.1 Å². The molecular formula is C13H15NO6. The fourth-order valence-corrected chi connectivity index (χ4v) is 1.82. The zero-order valence-corrected chi connectivity index (χ0v) is 11.2. The minimum atomic E-state index is -0.662. The first-order chi connectivity index (χ1) is 9.37. The van der Waals surface area contributed by atoms with Crippen LogP contribution in [0.5, 0.6) is 0 Å². The SMILES string of the molecule is CC1(C)OC[C@H](COC(=O)c2ccc([N+](=O)[O-])cc2)O1. The van der Waals surface area contributed by atoms with Crippen molar-refractivity contribution in [2.24, 2.45) is 0 Å². The Morgan fingerprint density at radius 1 is 1.45 bits per heavy atom. The summed E-state index contributed by atoms with van der Waals surface area (Å²) >= 11 is 0. The van der Waals surface area contributed by atoms with Crippen molar-refractivity contribution in [3.8, 4) is 0 Å². The maximum absolute atomic E-state index is 11.8. The van der Waals surface area contributed by atoms with Crippen molar-refractivity contribution in [2.45, 2.75) is 25.7 Å². The van der Waals surface area contributed by atoms with E-state index >= 15 is 0 Å². The van der Waals surface area contributed by atoms with Crippen LogP contribution in [0.4, 0.5) is 5.69 Å². The van der Waals surface area contributed by atoms with Gasteiger partial charge in [-0.25, -0.2) is 4.79 Å². The van der Waals surface area contributed by atoms with Gasteiger partial charge in [0, 0.05) is 12.1 Å². The largest absolute Gasteiger partial charge is 0.459 e. The highest BCUT2D eigenvalue weighted by atomic mass is 16.7. The highest BCUT2D eigenvalue weighted by Gasteiger charge is 2.33. The van der Waals surface area contributed by atoms with Gasteiger partial charge in [0.15, 0.2) is 5.79 Å². The third-order valence-corrected chi connectivity index (χ3v) is 2.78. The summed E-state index contributed by atoms with van der Waals surface area (Å²) in [6, 6.07) is 5.23. The van der Waals surface area contributed by atoms with E-state index in [0.29, 0.717) is 6.61 Å². The lowest BCUT2D eigenvalue weighted by molar-refractivity contribution is -0.384. The van der Waals surface area contributed by atoms with Crippen LogP contribution in [0.1, 0.15) is 24.2 Å². The van der Waals surface area contributed by atoms with E-state index < -0.39 is 16.7 Å². The first kappa shape index (κ1) is 14.4. The molecule has 108 valence electrons. The second-order valence-corrected chi connectivity index (χ2v) is 4.85. The standard InChI is InChI=1S/C13H15NO6/c1-13(2)19-8-11(20-13)7-18-12(15)9-3-5-10(6-4-9)14(16)17/h3-6,11H,7-8H2,1-2H3/t11-/m0/s1. The van der Waals surface area contributed by atoms with Crippen LogP contribution in [0, 0.1) is 10.1 Å². The molecule has 0 aromatic heterocycles. The van der Waals surface area contributed by atoms with Gasteiger partial charge in [0.1, 0.15) is 12.7 Å². The third-order valence-electron chi connectivity index (χ3n) is 2.78. The van der Waals surface area contributed by atoms with Crippen LogP contribution >= 0.6 is 0 Å². The molecule has 0 amide bonds. The summed E-state index contributed by atoms with van der Waals surface area (Å²) in [4.78, 5) is 21.7. The second kappa shape index (κ2) is 5.56. The van der Waals surface area contributed by atoms with Crippen LogP contribution in [0.3, 0.4) is 0 Å².